The second-order valence-corrected chi connectivity index (χ2v) is 4.77. The molecular formula is C17H18O8. The first-order valence-electron chi connectivity index (χ1n) is 6.96. The summed E-state index contributed by atoms with van der Waals surface area (Å²) in [6.07, 6.45) is -0.0728. The Morgan fingerprint density at radius 1 is 0.880 bits per heavy atom. The summed E-state index contributed by atoms with van der Waals surface area (Å²) < 4.78 is 9.55. The van der Waals surface area contributed by atoms with E-state index in [1.54, 1.807) is 6.07 Å². The molecule has 0 heterocycles. The number of aromatic carboxylic acids is 1. The van der Waals surface area contributed by atoms with E-state index in [0.29, 0.717) is 11.3 Å². The van der Waals surface area contributed by atoms with Gasteiger partial charge in [-0.05, 0) is 35.9 Å². The third kappa shape index (κ3) is 5.94. The molecule has 0 saturated carbocycles. The van der Waals surface area contributed by atoms with Gasteiger partial charge in [0.15, 0.2) is 23.0 Å². The SMILES string of the molecule is COc1cc(C(=O)O)ccc1O.COc1cc(CC(=O)O)ccc1O. The number of phenolic OH excluding ortho intramolecular Hbond substituents is 2. The molecule has 0 bridgehead atoms. The van der Waals surface area contributed by atoms with Crippen LogP contribution in [0.1, 0.15) is 15.9 Å². The molecule has 0 saturated heterocycles. The highest BCUT2D eigenvalue weighted by Crippen LogP contribution is 2.26. The van der Waals surface area contributed by atoms with Crippen LogP contribution in [0.5, 0.6) is 23.0 Å². The van der Waals surface area contributed by atoms with Gasteiger partial charge in [0.2, 0.25) is 0 Å². The molecule has 8 nitrogen and oxygen atoms in total. The van der Waals surface area contributed by atoms with Gasteiger partial charge in [0.1, 0.15) is 0 Å². The molecule has 0 radical (unpaired) electrons. The molecule has 2 aromatic carbocycles. The molecule has 0 atom stereocenters. The lowest BCUT2D eigenvalue weighted by Crippen LogP contribution is -2.00. The summed E-state index contributed by atoms with van der Waals surface area (Å²) in [6.45, 7) is 0. The zero-order valence-electron chi connectivity index (χ0n) is 13.6. The molecule has 134 valence electrons. The largest absolute Gasteiger partial charge is 0.504 e. The first-order valence-corrected chi connectivity index (χ1v) is 6.96. The van der Waals surface area contributed by atoms with Gasteiger partial charge >= 0.3 is 11.9 Å². The first kappa shape index (κ1) is 19.6. The minimum absolute atomic E-state index is 0.0108. The van der Waals surface area contributed by atoms with Crippen molar-refractivity contribution in [2.45, 2.75) is 6.42 Å². The van der Waals surface area contributed by atoms with Crippen molar-refractivity contribution in [2.24, 2.45) is 0 Å². The van der Waals surface area contributed by atoms with Crippen molar-refractivity contribution in [3.63, 3.8) is 0 Å². The highest BCUT2D eigenvalue weighted by atomic mass is 16.5. The van der Waals surface area contributed by atoms with Crippen LogP contribution in [0.25, 0.3) is 0 Å². The molecule has 0 unspecified atom stereocenters. The van der Waals surface area contributed by atoms with Crippen LogP contribution in [0.2, 0.25) is 0 Å². The number of phenols is 2. The first-order chi connectivity index (χ1) is 11.8. The number of benzene rings is 2. The van der Waals surface area contributed by atoms with E-state index >= 15 is 0 Å². The molecule has 0 aliphatic rings. The number of aromatic hydroxyl groups is 2. The molecule has 25 heavy (non-hydrogen) atoms. The number of aliphatic carboxylic acids is 1. The van der Waals surface area contributed by atoms with Gasteiger partial charge in [-0.2, -0.15) is 0 Å². The van der Waals surface area contributed by atoms with Gasteiger partial charge in [-0.1, -0.05) is 6.07 Å². The van der Waals surface area contributed by atoms with Gasteiger partial charge in [0.25, 0.3) is 0 Å². The van der Waals surface area contributed by atoms with Gasteiger partial charge in [-0.15, -0.1) is 0 Å². The van der Waals surface area contributed by atoms with Crippen LogP contribution in [-0.2, 0) is 11.2 Å². The van der Waals surface area contributed by atoms with Crippen molar-refractivity contribution < 1.29 is 39.5 Å². The lowest BCUT2D eigenvalue weighted by Gasteiger charge is -2.04. The van der Waals surface area contributed by atoms with Crippen molar-refractivity contribution >= 4 is 11.9 Å². The van der Waals surface area contributed by atoms with Crippen molar-refractivity contribution in [2.75, 3.05) is 14.2 Å². The summed E-state index contributed by atoms with van der Waals surface area (Å²) >= 11 is 0. The summed E-state index contributed by atoms with van der Waals surface area (Å²) in [4.78, 5) is 20.8. The minimum Gasteiger partial charge on any atom is -0.504 e. The number of methoxy groups -OCH3 is 2. The lowest BCUT2D eigenvalue weighted by atomic mass is 10.1. The zero-order valence-corrected chi connectivity index (χ0v) is 13.6. The smallest absolute Gasteiger partial charge is 0.335 e. The van der Waals surface area contributed by atoms with Crippen molar-refractivity contribution in [3.05, 3.63) is 47.5 Å². The van der Waals surface area contributed by atoms with Crippen LogP contribution < -0.4 is 9.47 Å². The third-order valence-corrected chi connectivity index (χ3v) is 3.03. The summed E-state index contributed by atoms with van der Waals surface area (Å²) in [5, 5.41) is 35.4. The molecule has 0 aliphatic heterocycles. The van der Waals surface area contributed by atoms with Gasteiger partial charge in [0, 0.05) is 0 Å². The quantitative estimate of drug-likeness (QED) is 0.644. The third-order valence-electron chi connectivity index (χ3n) is 3.03. The predicted octanol–water partition coefficient (Wildman–Crippen LogP) is 2.13. The van der Waals surface area contributed by atoms with Crippen LogP contribution in [0, 0.1) is 0 Å². The Balaban J connectivity index is 0.000000251. The molecular weight excluding hydrogens is 332 g/mol. The van der Waals surface area contributed by atoms with E-state index in [4.69, 9.17) is 24.8 Å². The Morgan fingerprint density at radius 3 is 1.88 bits per heavy atom. The number of carboxylic acid groups (broad SMARTS) is 2. The van der Waals surface area contributed by atoms with E-state index < -0.39 is 11.9 Å². The maximum absolute atomic E-state index is 10.4. The van der Waals surface area contributed by atoms with Crippen LogP contribution >= 0.6 is 0 Å². The maximum atomic E-state index is 10.4. The van der Waals surface area contributed by atoms with Crippen molar-refractivity contribution in [3.8, 4) is 23.0 Å². The van der Waals surface area contributed by atoms with Gasteiger partial charge in [-0.25, -0.2) is 4.79 Å². The Bertz CT molecular complexity index is 754. The van der Waals surface area contributed by atoms with Crippen molar-refractivity contribution in [1.82, 2.24) is 0 Å². The highest BCUT2D eigenvalue weighted by Gasteiger charge is 2.07. The zero-order chi connectivity index (χ0) is 19.0. The molecule has 0 amide bonds. The Labute approximate surface area is 143 Å². The van der Waals surface area contributed by atoms with E-state index in [-0.39, 0.29) is 29.2 Å². The number of carbonyl (C=O) groups is 2. The monoisotopic (exact) mass is 350 g/mol. The fourth-order valence-corrected chi connectivity index (χ4v) is 1.82. The fourth-order valence-electron chi connectivity index (χ4n) is 1.82. The Hall–Kier alpha value is -3.42. The normalized spacial score (nSPS) is 9.52. The van der Waals surface area contributed by atoms with Gasteiger partial charge in [-0.3, -0.25) is 4.79 Å². The number of hydrogen-bond acceptors (Lipinski definition) is 6. The Morgan fingerprint density at radius 2 is 1.40 bits per heavy atom. The second-order valence-electron chi connectivity index (χ2n) is 4.77. The molecule has 4 N–H and O–H groups in total. The number of ether oxygens (including phenoxy) is 2. The number of rotatable bonds is 5. The van der Waals surface area contributed by atoms with Crippen LogP contribution in [0.15, 0.2) is 36.4 Å². The number of hydrogen-bond donors (Lipinski definition) is 4. The summed E-state index contributed by atoms with van der Waals surface area (Å²) in [7, 11) is 2.78. The average Bonchev–Trinajstić information content (AvgIpc) is 2.57. The van der Waals surface area contributed by atoms with Crippen LogP contribution in [0.3, 0.4) is 0 Å². The molecule has 0 aliphatic carbocycles. The average molecular weight is 350 g/mol. The van der Waals surface area contributed by atoms with E-state index in [1.807, 2.05) is 0 Å². The van der Waals surface area contributed by atoms with Crippen LogP contribution in [0.4, 0.5) is 0 Å². The van der Waals surface area contributed by atoms with E-state index in [9.17, 15) is 14.7 Å². The molecule has 8 heteroatoms. The lowest BCUT2D eigenvalue weighted by molar-refractivity contribution is -0.136. The number of carboxylic acids is 2. The van der Waals surface area contributed by atoms with Gasteiger partial charge < -0.3 is 29.9 Å². The summed E-state index contributed by atoms with van der Waals surface area (Å²) in [6, 6.07) is 8.31. The molecule has 2 rings (SSSR count). The maximum Gasteiger partial charge on any atom is 0.335 e. The van der Waals surface area contributed by atoms with E-state index in [2.05, 4.69) is 0 Å². The highest BCUT2D eigenvalue weighted by molar-refractivity contribution is 5.88. The van der Waals surface area contributed by atoms with Crippen LogP contribution in [-0.4, -0.2) is 46.6 Å². The summed E-state index contributed by atoms with van der Waals surface area (Å²) in [5.41, 5.74) is 0.687. The second kappa shape index (κ2) is 9.02. The topological polar surface area (TPSA) is 134 Å². The predicted molar refractivity (Wildman–Crippen MR) is 87.6 cm³/mol. The molecule has 0 fully saturated rings. The Kier molecular flexibility index (Phi) is 7.08. The standard InChI is InChI=1S/C9H10O4.C8H8O4/c1-13-8-4-6(5-9(11)12)2-3-7(8)10;1-12-7-4-5(8(10)11)2-3-6(7)9/h2-4,10H,5H2,1H3,(H,11,12);2-4,9H,1H3,(H,10,11). The molecule has 2 aromatic rings. The fraction of sp³-hybridized carbons (Fsp3) is 0.176. The van der Waals surface area contributed by atoms with Crippen molar-refractivity contribution in [1.29, 1.82) is 0 Å². The minimum atomic E-state index is -1.05. The summed E-state index contributed by atoms with van der Waals surface area (Å²) in [5.74, 6) is -1.56. The molecule has 0 aromatic heterocycles. The van der Waals surface area contributed by atoms with E-state index in [0.717, 1.165) is 0 Å². The van der Waals surface area contributed by atoms with Gasteiger partial charge in [0.05, 0.1) is 26.2 Å². The van der Waals surface area contributed by atoms with E-state index in [1.165, 1.54) is 44.6 Å². The molecule has 0 spiro atoms.